The third-order valence-electron chi connectivity index (χ3n) is 5.38. The van der Waals surface area contributed by atoms with Crippen molar-refractivity contribution in [3.05, 3.63) is 68.6 Å². The van der Waals surface area contributed by atoms with Crippen LogP contribution >= 0.6 is 31.9 Å². The number of carbonyl (C=O) groups excluding carboxylic acids is 1. The van der Waals surface area contributed by atoms with Crippen LogP contribution in [-0.4, -0.2) is 5.78 Å². The van der Waals surface area contributed by atoms with Crippen LogP contribution in [0.2, 0.25) is 0 Å². The molecular weight excluding hydrogens is 430 g/mol. The predicted octanol–water partition coefficient (Wildman–Crippen LogP) is 5.58. The lowest BCUT2D eigenvalue weighted by Crippen LogP contribution is -2.50. The van der Waals surface area contributed by atoms with Gasteiger partial charge in [-0.3, -0.25) is 4.79 Å². The molecular formula is C20H19Br2NO. The maximum absolute atomic E-state index is 13.1. The van der Waals surface area contributed by atoms with Gasteiger partial charge >= 0.3 is 0 Å². The van der Waals surface area contributed by atoms with Crippen LogP contribution in [-0.2, 0) is 4.79 Å². The molecule has 2 nitrogen and oxygen atoms in total. The normalized spacial score (nSPS) is 29.5. The van der Waals surface area contributed by atoms with E-state index in [0.717, 1.165) is 28.2 Å². The van der Waals surface area contributed by atoms with Crippen LogP contribution in [0.1, 0.15) is 42.5 Å². The third-order valence-corrected chi connectivity index (χ3v) is 6.44. The molecule has 0 amide bonds. The summed E-state index contributed by atoms with van der Waals surface area (Å²) in [5.41, 5.74) is 2.41. The first-order chi connectivity index (χ1) is 11.6. The van der Waals surface area contributed by atoms with Crippen LogP contribution in [0.25, 0.3) is 0 Å². The second-order valence-electron chi connectivity index (χ2n) is 6.77. The highest BCUT2D eigenvalue weighted by atomic mass is 79.9. The molecule has 3 unspecified atom stereocenters. The molecule has 1 aliphatic carbocycles. The van der Waals surface area contributed by atoms with E-state index >= 15 is 0 Å². The van der Waals surface area contributed by atoms with Gasteiger partial charge in [-0.15, -0.1) is 0 Å². The summed E-state index contributed by atoms with van der Waals surface area (Å²) in [5.74, 6) is 0.661. The highest BCUT2D eigenvalue weighted by Gasteiger charge is 2.46. The summed E-state index contributed by atoms with van der Waals surface area (Å²) in [4.78, 5) is 13.1. The minimum absolute atomic E-state index is 0.107. The molecule has 4 atom stereocenters. The lowest BCUT2D eigenvalue weighted by molar-refractivity contribution is -0.135. The molecule has 0 radical (unpaired) electrons. The third kappa shape index (κ3) is 3.00. The second-order valence-corrected chi connectivity index (χ2v) is 8.60. The van der Waals surface area contributed by atoms with Gasteiger partial charge in [-0.25, -0.2) is 0 Å². The Kier molecular flexibility index (Phi) is 4.63. The molecule has 124 valence electrons. The Hall–Kier alpha value is -0.970. The van der Waals surface area contributed by atoms with Gasteiger partial charge in [0.15, 0.2) is 0 Å². The first-order valence-corrected chi connectivity index (χ1v) is 10.0. The number of fused-ring (bicyclic) bond motifs is 2. The molecule has 1 saturated carbocycles. The Morgan fingerprint density at radius 1 is 0.750 bits per heavy atom. The van der Waals surface area contributed by atoms with Gasteiger partial charge in [0.2, 0.25) is 0 Å². The van der Waals surface area contributed by atoms with Gasteiger partial charge in [0, 0.05) is 32.9 Å². The fourth-order valence-corrected chi connectivity index (χ4v) is 4.73. The lowest BCUT2D eigenvalue weighted by atomic mass is 9.67. The largest absolute Gasteiger partial charge is 0.302 e. The number of hydrogen-bond acceptors (Lipinski definition) is 2. The van der Waals surface area contributed by atoms with Crippen molar-refractivity contribution in [2.45, 2.75) is 31.3 Å². The first kappa shape index (κ1) is 16.5. The predicted molar refractivity (Wildman–Crippen MR) is 103 cm³/mol. The lowest BCUT2D eigenvalue weighted by Gasteiger charge is -2.45. The highest BCUT2D eigenvalue weighted by Crippen LogP contribution is 2.45. The van der Waals surface area contributed by atoms with Gasteiger partial charge in [-0.2, -0.15) is 0 Å². The van der Waals surface area contributed by atoms with Crippen LogP contribution in [0.4, 0.5) is 0 Å². The van der Waals surface area contributed by atoms with Crippen molar-refractivity contribution < 1.29 is 4.79 Å². The van der Waals surface area contributed by atoms with Crippen molar-refractivity contribution >= 4 is 37.6 Å². The molecule has 0 spiro atoms. The maximum atomic E-state index is 13.1. The van der Waals surface area contributed by atoms with Crippen LogP contribution < -0.4 is 5.32 Å². The molecule has 1 N–H and O–H groups in total. The fraction of sp³-hybridized carbons (Fsp3) is 0.350. The summed E-state index contributed by atoms with van der Waals surface area (Å²) in [6.07, 6.45) is 3.13. The van der Waals surface area contributed by atoms with E-state index in [1.54, 1.807) is 0 Å². The van der Waals surface area contributed by atoms with E-state index in [0.29, 0.717) is 5.78 Å². The average molecular weight is 449 g/mol. The summed E-state index contributed by atoms with van der Waals surface area (Å²) in [5, 5.41) is 3.81. The maximum Gasteiger partial charge on any atom is 0.142 e. The van der Waals surface area contributed by atoms with E-state index in [-0.39, 0.29) is 23.9 Å². The van der Waals surface area contributed by atoms with Gasteiger partial charge in [-0.05, 0) is 48.2 Å². The Morgan fingerprint density at radius 3 is 1.58 bits per heavy atom. The number of rotatable bonds is 2. The van der Waals surface area contributed by atoms with Crippen molar-refractivity contribution in [3.63, 3.8) is 0 Å². The molecule has 0 aromatic heterocycles. The molecule has 4 heteroatoms. The van der Waals surface area contributed by atoms with Gasteiger partial charge < -0.3 is 5.32 Å². The van der Waals surface area contributed by atoms with Crippen molar-refractivity contribution in [3.8, 4) is 0 Å². The molecule has 2 aromatic carbocycles. The summed E-state index contributed by atoms with van der Waals surface area (Å²) in [6, 6.07) is 17.0. The molecule has 2 fully saturated rings. The van der Waals surface area contributed by atoms with E-state index in [9.17, 15) is 4.79 Å². The number of halogens is 2. The molecule has 2 bridgehead atoms. The number of nitrogens with one attached hydrogen (secondary N) is 1. The molecule has 2 aliphatic rings. The first-order valence-electron chi connectivity index (χ1n) is 8.44. The molecule has 1 heterocycles. The number of hydrogen-bond donors (Lipinski definition) is 1. The zero-order valence-electron chi connectivity index (χ0n) is 13.2. The minimum atomic E-state index is 0.107. The van der Waals surface area contributed by atoms with Crippen LogP contribution in [0.3, 0.4) is 0 Å². The molecule has 1 aliphatic heterocycles. The quantitative estimate of drug-likeness (QED) is 0.649. The zero-order chi connectivity index (χ0) is 16.7. The Morgan fingerprint density at radius 2 is 1.17 bits per heavy atom. The van der Waals surface area contributed by atoms with Crippen molar-refractivity contribution in [2.75, 3.05) is 0 Å². The number of Topliss-reactive ketones (excluding diaryl/α,β-unsaturated/α-hetero) is 1. The van der Waals surface area contributed by atoms with Crippen molar-refractivity contribution in [1.82, 2.24) is 5.32 Å². The second kappa shape index (κ2) is 6.74. The standard InChI is InChI=1S/C20H19Br2NO/c21-14-8-4-12(5-9-14)18-16-2-1-3-17(20(16)24)19(23-18)13-6-10-15(22)11-7-13/h4-11,16-19,23H,1-3H2/t16-,17?,18?,19?/m0/s1. The molecule has 2 aromatic rings. The van der Waals surface area contributed by atoms with Gasteiger partial charge in [0.05, 0.1) is 0 Å². The molecule has 24 heavy (non-hydrogen) atoms. The van der Waals surface area contributed by atoms with E-state index in [1.807, 2.05) is 0 Å². The zero-order valence-corrected chi connectivity index (χ0v) is 16.4. The molecule has 1 saturated heterocycles. The van der Waals surface area contributed by atoms with Gasteiger partial charge in [0.1, 0.15) is 5.78 Å². The SMILES string of the molecule is O=C1C2CCC[C@H]1C(c1ccc(Br)cc1)NC2c1ccc(Br)cc1. The van der Waals surface area contributed by atoms with E-state index in [4.69, 9.17) is 0 Å². The van der Waals surface area contributed by atoms with Crippen LogP contribution in [0.15, 0.2) is 57.5 Å². The van der Waals surface area contributed by atoms with Crippen molar-refractivity contribution in [1.29, 1.82) is 0 Å². The fourth-order valence-electron chi connectivity index (χ4n) is 4.20. The van der Waals surface area contributed by atoms with Crippen molar-refractivity contribution in [2.24, 2.45) is 11.8 Å². The number of ketones is 1. The summed E-state index contributed by atoms with van der Waals surface area (Å²) >= 11 is 7.00. The molecule has 4 rings (SSSR count). The van der Waals surface area contributed by atoms with Crippen LogP contribution in [0.5, 0.6) is 0 Å². The monoisotopic (exact) mass is 447 g/mol. The van der Waals surface area contributed by atoms with Gasteiger partial charge in [0.25, 0.3) is 0 Å². The van der Waals surface area contributed by atoms with E-state index in [2.05, 4.69) is 85.7 Å². The Bertz CT molecular complexity index is 680. The summed E-state index contributed by atoms with van der Waals surface area (Å²) in [7, 11) is 0. The average Bonchev–Trinajstić information content (AvgIpc) is 2.57. The summed E-state index contributed by atoms with van der Waals surface area (Å²) < 4.78 is 2.14. The van der Waals surface area contributed by atoms with Crippen LogP contribution in [0, 0.1) is 11.8 Å². The smallest absolute Gasteiger partial charge is 0.142 e. The number of carbonyl (C=O) groups is 1. The Balaban J connectivity index is 1.71. The van der Waals surface area contributed by atoms with E-state index in [1.165, 1.54) is 11.1 Å². The van der Waals surface area contributed by atoms with Gasteiger partial charge in [-0.1, -0.05) is 62.5 Å². The minimum Gasteiger partial charge on any atom is -0.302 e. The Labute approximate surface area is 159 Å². The van der Waals surface area contributed by atoms with E-state index < -0.39 is 0 Å². The summed E-state index contributed by atoms with van der Waals surface area (Å²) in [6.45, 7) is 0. The number of benzene rings is 2. The highest BCUT2D eigenvalue weighted by molar-refractivity contribution is 9.10. The number of piperidine rings is 1. The topological polar surface area (TPSA) is 29.1 Å².